The third-order valence-electron chi connectivity index (χ3n) is 1.78. The van der Waals surface area contributed by atoms with Crippen LogP contribution in [0.1, 0.15) is 13.8 Å². The van der Waals surface area contributed by atoms with Crippen LogP contribution in [0.2, 0.25) is 0 Å². The van der Waals surface area contributed by atoms with Gasteiger partial charge in [0.25, 0.3) is 5.91 Å². The van der Waals surface area contributed by atoms with Gasteiger partial charge in [-0.05, 0) is 26.0 Å². The van der Waals surface area contributed by atoms with Gasteiger partial charge in [0.1, 0.15) is 11.6 Å². The highest BCUT2D eigenvalue weighted by atomic mass is 19.1. The second-order valence-corrected chi connectivity index (χ2v) is 3.69. The molecule has 0 saturated carbocycles. The van der Waals surface area contributed by atoms with Crippen LogP contribution < -0.4 is 15.8 Å². The molecular weight excluding hydrogens is 211 g/mol. The van der Waals surface area contributed by atoms with Gasteiger partial charge in [-0.25, -0.2) is 4.39 Å². The van der Waals surface area contributed by atoms with E-state index in [0.29, 0.717) is 5.69 Å². The van der Waals surface area contributed by atoms with Gasteiger partial charge < -0.3 is 15.8 Å². The first-order valence-electron chi connectivity index (χ1n) is 4.96. The minimum Gasteiger partial charge on any atom is -0.482 e. The van der Waals surface area contributed by atoms with Crippen molar-refractivity contribution in [1.29, 1.82) is 0 Å². The number of benzene rings is 1. The Balaban J connectivity index is 2.54. The SMILES string of the molecule is CC(C)NC(=O)COc1cc(F)ccc1N. The summed E-state index contributed by atoms with van der Waals surface area (Å²) in [5.41, 5.74) is 5.86. The molecule has 0 aliphatic carbocycles. The molecule has 1 aromatic rings. The highest BCUT2D eigenvalue weighted by Crippen LogP contribution is 2.21. The Bertz CT molecular complexity index is 380. The predicted octanol–water partition coefficient (Wildman–Crippen LogP) is 1.31. The normalized spacial score (nSPS) is 10.2. The van der Waals surface area contributed by atoms with Crippen molar-refractivity contribution in [2.24, 2.45) is 0 Å². The lowest BCUT2D eigenvalue weighted by molar-refractivity contribution is -0.123. The number of nitrogen functional groups attached to an aromatic ring is 1. The minimum absolute atomic E-state index is 0.0426. The molecule has 1 aromatic carbocycles. The van der Waals surface area contributed by atoms with E-state index >= 15 is 0 Å². The van der Waals surface area contributed by atoms with Crippen molar-refractivity contribution >= 4 is 11.6 Å². The number of nitrogens with one attached hydrogen (secondary N) is 1. The number of halogens is 1. The van der Waals surface area contributed by atoms with Crippen LogP contribution in [-0.4, -0.2) is 18.6 Å². The molecule has 0 bridgehead atoms. The van der Waals surface area contributed by atoms with E-state index in [-0.39, 0.29) is 24.3 Å². The zero-order valence-electron chi connectivity index (χ0n) is 9.29. The van der Waals surface area contributed by atoms with Crippen molar-refractivity contribution in [3.8, 4) is 5.75 Å². The van der Waals surface area contributed by atoms with Crippen LogP contribution in [0.5, 0.6) is 5.75 Å². The topological polar surface area (TPSA) is 64.3 Å². The van der Waals surface area contributed by atoms with Crippen LogP contribution in [0.25, 0.3) is 0 Å². The molecule has 0 spiro atoms. The summed E-state index contributed by atoms with van der Waals surface area (Å²) in [6.07, 6.45) is 0. The van der Waals surface area contributed by atoms with Gasteiger partial charge in [-0.2, -0.15) is 0 Å². The Morgan fingerprint density at radius 2 is 2.25 bits per heavy atom. The number of anilines is 1. The van der Waals surface area contributed by atoms with Crippen molar-refractivity contribution in [2.45, 2.75) is 19.9 Å². The molecule has 0 aliphatic rings. The van der Waals surface area contributed by atoms with E-state index in [0.717, 1.165) is 6.07 Å². The maximum Gasteiger partial charge on any atom is 0.258 e. The zero-order chi connectivity index (χ0) is 12.1. The molecule has 5 heteroatoms. The highest BCUT2D eigenvalue weighted by Gasteiger charge is 2.07. The summed E-state index contributed by atoms with van der Waals surface area (Å²) in [5, 5.41) is 2.65. The second-order valence-electron chi connectivity index (χ2n) is 3.69. The van der Waals surface area contributed by atoms with Gasteiger partial charge in [-0.15, -0.1) is 0 Å². The molecule has 3 N–H and O–H groups in total. The van der Waals surface area contributed by atoms with Gasteiger partial charge >= 0.3 is 0 Å². The molecule has 1 rings (SSSR count). The molecular formula is C11H15FN2O2. The second kappa shape index (κ2) is 5.34. The summed E-state index contributed by atoms with van der Waals surface area (Å²) < 4.78 is 17.9. The van der Waals surface area contributed by atoms with Gasteiger partial charge in [0.15, 0.2) is 6.61 Å². The lowest BCUT2D eigenvalue weighted by Crippen LogP contribution is -2.34. The summed E-state index contributed by atoms with van der Waals surface area (Å²) in [7, 11) is 0. The van der Waals surface area contributed by atoms with Crippen LogP contribution in [0.15, 0.2) is 18.2 Å². The highest BCUT2D eigenvalue weighted by molar-refractivity contribution is 5.78. The Labute approximate surface area is 93.6 Å². The Morgan fingerprint density at radius 3 is 2.88 bits per heavy atom. The van der Waals surface area contributed by atoms with Crippen molar-refractivity contribution in [3.05, 3.63) is 24.0 Å². The van der Waals surface area contributed by atoms with Gasteiger partial charge in [-0.1, -0.05) is 0 Å². The number of carbonyl (C=O) groups is 1. The number of hydrogen-bond acceptors (Lipinski definition) is 3. The van der Waals surface area contributed by atoms with Gasteiger partial charge in [0.2, 0.25) is 0 Å². The average molecular weight is 226 g/mol. The molecule has 0 atom stereocenters. The fraction of sp³-hybridized carbons (Fsp3) is 0.364. The van der Waals surface area contributed by atoms with E-state index in [4.69, 9.17) is 10.5 Å². The Morgan fingerprint density at radius 1 is 1.56 bits per heavy atom. The first-order chi connectivity index (χ1) is 7.49. The monoisotopic (exact) mass is 226 g/mol. The standard InChI is InChI=1S/C11H15FN2O2/c1-7(2)14-11(15)6-16-10-5-8(12)3-4-9(10)13/h3-5,7H,6,13H2,1-2H3,(H,14,15). The van der Waals surface area contributed by atoms with E-state index in [1.54, 1.807) is 0 Å². The zero-order valence-corrected chi connectivity index (χ0v) is 9.29. The molecule has 0 radical (unpaired) electrons. The Kier molecular flexibility index (Phi) is 4.10. The lowest BCUT2D eigenvalue weighted by atomic mass is 10.3. The van der Waals surface area contributed by atoms with Crippen LogP contribution in [0.3, 0.4) is 0 Å². The molecule has 0 saturated heterocycles. The molecule has 4 nitrogen and oxygen atoms in total. The van der Waals surface area contributed by atoms with E-state index in [1.807, 2.05) is 13.8 Å². The summed E-state index contributed by atoms with van der Waals surface area (Å²) in [6, 6.07) is 3.82. The molecule has 0 heterocycles. The smallest absolute Gasteiger partial charge is 0.258 e. The van der Waals surface area contributed by atoms with Crippen LogP contribution >= 0.6 is 0 Å². The summed E-state index contributed by atoms with van der Waals surface area (Å²) in [5.74, 6) is -0.536. The first kappa shape index (κ1) is 12.3. The van der Waals surface area contributed by atoms with Crippen molar-refractivity contribution in [3.63, 3.8) is 0 Å². The largest absolute Gasteiger partial charge is 0.482 e. The average Bonchev–Trinajstić information content (AvgIpc) is 2.18. The van der Waals surface area contributed by atoms with Crippen LogP contribution in [0.4, 0.5) is 10.1 Å². The third kappa shape index (κ3) is 3.76. The number of ether oxygens (including phenoxy) is 1. The summed E-state index contributed by atoms with van der Waals surface area (Å²) >= 11 is 0. The van der Waals surface area contributed by atoms with E-state index in [2.05, 4.69) is 5.32 Å². The van der Waals surface area contributed by atoms with E-state index in [9.17, 15) is 9.18 Å². The third-order valence-corrected chi connectivity index (χ3v) is 1.78. The fourth-order valence-electron chi connectivity index (χ4n) is 1.14. The quantitative estimate of drug-likeness (QED) is 0.761. The number of rotatable bonds is 4. The van der Waals surface area contributed by atoms with Crippen molar-refractivity contribution < 1.29 is 13.9 Å². The summed E-state index contributed by atoms with van der Waals surface area (Å²) in [4.78, 5) is 11.3. The first-order valence-corrected chi connectivity index (χ1v) is 4.96. The van der Waals surface area contributed by atoms with Crippen molar-refractivity contribution in [2.75, 3.05) is 12.3 Å². The van der Waals surface area contributed by atoms with E-state index < -0.39 is 5.82 Å². The molecule has 16 heavy (non-hydrogen) atoms. The molecule has 0 aromatic heterocycles. The molecule has 0 aliphatic heterocycles. The number of amides is 1. The summed E-state index contributed by atoms with van der Waals surface area (Å²) in [6.45, 7) is 3.51. The Hall–Kier alpha value is -1.78. The number of carbonyl (C=O) groups excluding carboxylic acids is 1. The molecule has 1 amide bonds. The fourth-order valence-corrected chi connectivity index (χ4v) is 1.14. The maximum atomic E-state index is 12.8. The molecule has 88 valence electrons. The molecule has 0 fully saturated rings. The molecule has 0 unspecified atom stereocenters. The minimum atomic E-state index is -0.450. The van der Waals surface area contributed by atoms with Crippen LogP contribution in [-0.2, 0) is 4.79 Å². The van der Waals surface area contributed by atoms with Gasteiger partial charge in [0, 0.05) is 12.1 Å². The van der Waals surface area contributed by atoms with Crippen LogP contribution in [0, 0.1) is 5.82 Å². The van der Waals surface area contributed by atoms with E-state index in [1.165, 1.54) is 12.1 Å². The van der Waals surface area contributed by atoms with Gasteiger partial charge in [0.05, 0.1) is 5.69 Å². The maximum absolute atomic E-state index is 12.8. The van der Waals surface area contributed by atoms with Crippen molar-refractivity contribution in [1.82, 2.24) is 5.32 Å². The lowest BCUT2D eigenvalue weighted by Gasteiger charge is -2.11. The number of hydrogen-bond donors (Lipinski definition) is 2. The predicted molar refractivity (Wildman–Crippen MR) is 59.6 cm³/mol. The number of nitrogens with two attached hydrogens (primary N) is 1. The van der Waals surface area contributed by atoms with Gasteiger partial charge in [-0.3, -0.25) is 4.79 Å².